The topological polar surface area (TPSA) is 68.2 Å². The molecule has 2 heterocycles. The zero-order chi connectivity index (χ0) is 16.9. The van der Waals surface area contributed by atoms with Gasteiger partial charge in [-0.15, -0.1) is 0 Å². The van der Waals surface area contributed by atoms with Crippen molar-refractivity contribution in [3.05, 3.63) is 17.7 Å². The molecule has 1 aromatic carbocycles. The van der Waals surface area contributed by atoms with Crippen molar-refractivity contribution >= 4 is 5.97 Å². The molecule has 0 saturated carbocycles. The lowest BCUT2D eigenvalue weighted by Crippen LogP contribution is -2.40. The first-order valence-electron chi connectivity index (χ1n) is 8.59. The second-order valence-electron chi connectivity index (χ2n) is 6.38. The van der Waals surface area contributed by atoms with E-state index in [0.717, 1.165) is 49.3 Å². The number of likely N-dealkylation sites (tertiary alicyclic amines) is 1. The summed E-state index contributed by atoms with van der Waals surface area (Å²) in [5.41, 5.74) is 1.01. The van der Waals surface area contributed by atoms with Crippen LogP contribution in [0.4, 0.5) is 0 Å². The summed E-state index contributed by atoms with van der Waals surface area (Å²) in [5, 5.41) is 9.15. The van der Waals surface area contributed by atoms with E-state index >= 15 is 0 Å². The normalized spacial score (nSPS) is 21.1. The van der Waals surface area contributed by atoms with Gasteiger partial charge in [0.05, 0.1) is 26.7 Å². The Labute approximate surface area is 142 Å². The van der Waals surface area contributed by atoms with Crippen LogP contribution in [0.25, 0.3) is 0 Å². The molecule has 0 bridgehead atoms. The fraction of sp³-hybridized carbons (Fsp3) is 0.611. The molecule has 0 aliphatic carbocycles. The molecule has 0 spiro atoms. The van der Waals surface area contributed by atoms with Crippen molar-refractivity contribution in [2.75, 3.05) is 26.9 Å². The van der Waals surface area contributed by atoms with E-state index < -0.39 is 5.97 Å². The van der Waals surface area contributed by atoms with Gasteiger partial charge in [-0.25, -0.2) is 0 Å². The SMILES string of the molecule is COc1cc2c(cc1CN1CCCCC1CC(=O)O)OCCCO2. The molecule has 3 rings (SSSR count). The second-order valence-corrected chi connectivity index (χ2v) is 6.38. The highest BCUT2D eigenvalue weighted by molar-refractivity contribution is 5.67. The lowest BCUT2D eigenvalue weighted by Gasteiger charge is -2.35. The van der Waals surface area contributed by atoms with Gasteiger partial charge in [0.15, 0.2) is 11.5 Å². The standard InChI is InChI=1S/C18H25NO5/c1-22-15-11-17-16(23-7-4-8-24-17)9-13(15)12-19-6-3-2-5-14(19)10-18(20)21/h9,11,14H,2-8,10,12H2,1H3,(H,20,21). The number of hydrogen-bond donors (Lipinski definition) is 1. The molecule has 2 aliphatic rings. The van der Waals surface area contributed by atoms with Gasteiger partial charge in [-0.2, -0.15) is 0 Å². The Bertz CT molecular complexity index is 589. The third-order valence-corrected chi connectivity index (χ3v) is 4.68. The van der Waals surface area contributed by atoms with Crippen LogP contribution >= 0.6 is 0 Å². The maximum atomic E-state index is 11.1. The van der Waals surface area contributed by atoms with Gasteiger partial charge >= 0.3 is 5.97 Å². The summed E-state index contributed by atoms with van der Waals surface area (Å²) in [6.07, 6.45) is 4.17. The van der Waals surface area contributed by atoms with Crippen molar-refractivity contribution in [2.24, 2.45) is 0 Å². The third kappa shape index (κ3) is 3.93. The molecule has 2 aliphatic heterocycles. The molecule has 0 radical (unpaired) electrons. The maximum absolute atomic E-state index is 11.1. The Balaban J connectivity index is 1.82. The van der Waals surface area contributed by atoms with E-state index in [1.165, 1.54) is 0 Å². The van der Waals surface area contributed by atoms with Gasteiger partial charge in [0, 0.05) is 30.6 Å². The minimum Gasteiger partial charge on any atom is -0.496 e. The molecule has 6 nitrogen and oxygen atoms in total. The van der Waals surface area contributed by atoms with Gasteiger partial charge in [-0.1, -0.05) is 6.42 Å². The lowest BCUT2D eigenvalue weighted by atomic mass is 9.98. The fourth-order valence-electron chi connectivity index (χ4n) is 3.47. The van der Waals surface area contributed by atoms with Crippen LogP contribution in [0.15, 0.2) is 12.1 Å². The molecule has 24 heavy (non-hydrogen) atoms. The molecule has 0 aromatic heterocycles. The number of ether oxygens (including phenoxy) is 3. The number of rotatable bonds is 5. The smallest absolute Gasteiger partial charge is 0.304 e. The average Bonchev–Trinajstić information content (AvgIpc) is 2.80. The largest absolute Gasteiger partial charge is 0.496 e. The molecule has 1 N–H and O–H groups in total. The van der Waals surface area contributed by atoms with E-state index in [1.807, 2.05) is 12.1 Å². The number of piperidine rings is 1. The minimum absolute atomic E-state index is 0.0805. The highest BCUT2D eigenvalue weighted by atomic mass is 16.5. The van der Waals surface area contributed by atoms with Gasteiger partial charge in [0.25, 0.3) is 0 Å². The summed E-state index contributed by atoms with van der Waals surface area (Å²) in [7, 11) is 1.65. The predicted octanol–water partition coefficient (Wildman–Crippen LogP) is 2.69. The zero-order valence-electron chi connectivity index (χ0n) is 14.1. The van der Waals surface area contributed by atoms with Crippen LogP contribution in [0.1, 0.15) is 37.7 Å². The zero-order valence-corrected chi connectivity index (χ0v) is 14.1. The monoisotopic (exact) mass is 335 g/mol. The molecule has 1 atom stereocenters. The van der Waals surface area contributed by atoms with Crippen molar-refractivity contribution in [3.8, 4) is 17.2 Å². The second kappa shape index (κ2) is 7.75. The van der Waals surface area contributed by atoms with Gasteiger partial charge < -0.3 is 19.3 Å². The van der Waals surface area contributed by atoms with Crippen LogP contribution in [-0.2, 0) is 11.3 Å². The highest BCUT2D eigenvalue weighted by Gasteiger charge is 2.26. The number of aliphatic carboxylic acids is 1. The number of carboxylic acids is 1. The van der Waals surface area contributed by atoms with Gasteiger partial charge in [0.2, 0.25) is 0 Å². The quantitative estimate of drug-likeness (QED) is 0.892. The Morgan fingerprint density at radius 3 is 2.71 bits per heavy atom. The van der Waals surface area contributed by atoms with Crippen molar-refractivity contribution in [1.82, 2.24) is 4.90 Å². The molecule has 1 aromatic rings. The van der Waals surface area contributed by atoms with E-state index in [9.17, 15) is 4.79 Å². The van der Waals surface area contributed by atoms with Crippen molar-refractivity contribution < 1.29 is 24.1 Å². The molecule has 0 amide bonds. The van der Waals surface area contributed by atoms with Crippen molar-refractivity contribution in [1.29, 1.82) is 0 Å². The van der Waals surface area contributed by atoms with Gasteiger partial charge in [-0.05, 0) is 25.5 Å². The Hall–Kier alpha value is -1.95. The average molecular weight is 335 g/mol. The number of carbonyl (C=O) groups is 1. The van der Waals surface area contributed by atoms with E-state index in [-0.39, 0.29) is 12.5 Å². The van der Waals surface area contributed by atoms with E-state index in [4.69, 9.17) is 19.3 Å². The summed E-state index contributed by atoms with van der Waals surface area (Å²) in [5.74, 6) is 1.49. The van der Waals surface area contributed by atoms with Crippen LogP contribution < -0.4 is 14.2 Å². The first kappa shape index (κ1) is 16.9. The van der Waals surface area contributed by atoms with Crippen LogP contribution in [0.2, 0.25) is 0 Å². The van der Waals surface area contributed by atoms with E-state index in [2.05, 4.69) is 4.90 Å². The van der Waals surface area contributed by atoms with Crippen LogP contribution in [0, 0.1) is 0 Å². The first-order chi connectivity index (χ1) is 11.7. The molecule has 1 saturated heterocycles. The number of fused-ring (bicyclic) bond motifs is 1. The summed E-state index contributed by atoms with van der Waals surface area (Å²) in [4.78, 5) is 13.4. The van der Waals surface area contributed by atoms with Crippen molar-refractivity contribution in [3.63, 3.8) is 0 Å². The van der Waals surface area contributed by atoms with Crippen LogP contribution in [-0.4, -0.2) is 48.9 Å². The fourth-order valence-corrected chi connectivity index (χ4v) is 3.47. The van der Waals surface area contributed by atoms with E-state index in [1.54, 1.807) is 7.11 Å². The number of benzene rings is 1. The van der Waals surface area contributed by atoms with Crippen LogP contribution in [0.3, 0.4) is 0 Å². The molecule has 1 fully saturated rings. The predicted molar refractivity (Wildman–Crippen MR) is 88.9 cm³/mol. The first-order valence-corrected chi connectivity index (χ1v) is 8.59. The molecular weight excluding hydrogens is 310 g/mol. The maximum Gasteiger partial charge on any atom is 0.304 e. The molecular formula is C18H25NO5. The number of carboxylic acid groups (broad SMARTS) is 1. The van der Waals surface area contributed by atoms with Gasteiger partial charge in [-0.3, -0.25) is 9.69 Å². The van der Waals surface area contributed by atoms with Crippen molar-refractivity contribution in [2.45, 2.75) is 44.7 Å². The third-order valence-electron chi connectivity index (χ3n) is 4.68. The summed E-state index contributed by atoms with van der Waals surface area (Å²) in [6.45, 7) is 2.86. The number of methoxy groups -OCH3 is 1. The minimum atomic E-state index is -0.738. The number of nitrogens with zero attached hydrogens (tertiary/aromatic N) is 1. The lowest BCUT2D eigenvalue weighted by molar-refractivity contribution is -0.138. The van der Waals surface area contributed by atoms with Crippen LogP contribution in [0.5, 0.6) is 17.2 Å². The molecule has 6 heteroatoms. The number of hydrogen-bond acceptors (Lipinski definition) is 5. The van der Waals surface area contributed by atoms with Gasteiger partial charge in [0.1, 0.15) is 5.75 Å². The van der Waals surface area contributed by atoms with E-state index in [0.29, 0.717) is 25.5 Å². The summed E-state index contributed by atoms with van der Waals surface area (Å²) >= 11 is 0. The highest BCUT2D eigenvalue weighted by Crippen LogP contribution is 2.37. The Kier molecular flexibility index (Phi) is 5.45. The molecule has 1 unspecified atom stereocenters. The molecule has 132 valence electrons. The Morgan fingerprint density at radius 2 is 2.00 bits per heavy atom. The summed E-state index contributed by atoms with van der Waals surface area (Å²) < 4.78 is 17.0. The summed E-state index contributed by atoms with van der Waals surface area (Å²) in [6, 6.07) is 3.94. The Morgan fingerprint density at radius 1 is 1.25 bits per heavy atom.